The van der Waals surface area contributed by atoms with E-state index in [-0.39, 0.29) is 5.91 Å². The topological polar surface area (TPSA) is 54.6 Å². The number of hydrogen-bond acceptors (Lipinski definition) is 3. The lowest BCUT2D eigenvalue weighted by molar-refractivity contribution is -0.121. The molecule has 1 heterocycles. The van der Waals surface area contributed by atoms with Crippen molar-refractivity contribution in [2.75, 3.05) is 0 Å². The zero-order valence-corrected chi connectivity index (χ0v) is 16.0. The molecule has 0 aliphatic carbocycles. The Balaban J connectivity index is 1.80. The van der Waals surface area contributed by atoms with Gasteiger partial charge in [-0.05, 0) is 18.6 Å². The fourth-order valence-electron chi connectivity index (χ4n) is 2.89. The third kappa shape index (κ3) is 13.4. The molecule has 0 aromatic carbocycles. The first-order valence-electron chi connectivity index (χ1n) is 10.2. The summed E-state index contributed by atoms with van der Waals surface area (Å²) in [6.45, 7) is 2.27. The quantitative estimate of drug-likeness (QED) is 0.219. The van der Waals surface area contributed by atoms with Gasteiger partial charge in [0, 0.05) is 6.42 Å². The molecule has 0 radical (unpaired) electrons. The van der Waals surface area contributed by atoms with Crippen molar-refractivity contribution in [3.8, 4) is 0 Å². The van der Waals surface area contributed by atoms with Crippen LogP contribution in [0.25, 0.3) is 0 Å². The van der Waals surface area contributed by atoms with Crippen LogP contribution in [0.4, 0.5) is 0 Å². The van der Waals surface area contributed by atoms with Crippen LogP contribution in [0.1, 0.15) is 103 Å². The molecule has 0 bridgehead atoms. The van der Waals surface area contributed by atoms with Crippen LogP contribution >= 0.6 is 0 Å². The highest BCUT2D eigenvalue weighted by Crippen LogP contribution is 2.12. The second kappa shape index (κ2) is 15.9. The Morgan fingerprint density at radius 3 is 2.04 bits per heavy atom. The number of nitrogens with zero attached hydrogens (tertiary/aromatic N) is 1. The molecule has 1 amide bonds. The highest BCUT2D eigenvalue weighted by Gasteiger charge is 1.99. The van der Waals surface area contributed by atoms with Gasteiger partial charge in [-0.2, -0.15) is 5.10 Å². The fraction of sp³-hybridized carbons (Fsp3) is 0.714. The minimum Gasteiger partial charge on any atom is -0.463 e. The van der Waals surface area contributed by atoms with E-state index in [2.05, 4.69) is 17.5 Å². The van der Waals surface area contributed by atoms with Crippen LogP contribution in [0.2, 0.25) is 0 Å². The Kier molecular flexibility index (Phi) is 13.7. The lowest BCUT2D eigenvalue weighted by Gasteiger charge is -2.03. The Morgan fingerprint density at radius 1 is 0.960 bits per heavy atom. The molecule has 0 aliphatic rings. The fourth-order valence-corrected chi connectivity index (χ4v) is 2.89. The summed E-state index contributed by atoms with van der Waals surface area (Å²) < 4.78 is 5.10. The predicted octanol–water partition coefficient (Wildman–Crippen LogP) is 6.21. The molecular weight excluding hydrogens is 312 g/mol. The van der Waals surface area contributed by atoms with Gasteiger partial charge in [0.15, 0.2) is 0 Å². The van der Waals surface area contributed by atoms with Gasteiger partial charge in [0.05, 0.1) is 12.5 Å². The van der Waals surface area contributed by atoms with Crippen molar-refractivity contribution in [3.05, 3.63) is 24.2 Å². The third-order valence-corrected chi connectivity index (χ3v) is 4.43. The molecule has 25 heavy (non-hydrogen) atoms. The van der Waals surface area contributed by atoms with E-state index >= 15 is 0 Å². The molecule has 1 aromatic rings. The van der Waals surface area contributed by atoms with E-state index in [4.69, 9.17) is 4.42 Å². The minimum atomic E-state index is -0.0223. The molecule has 0 fully saturated rings. The first-order chi connectivity index (χ1) is 12.3. The Hall–Kier alpha value is -1.58. The monoisotopic (exact) mass is 348 g/mol. The van der Waals surface area contributed by atoms with Crippen LogP contribution < -0.4 is 5.43 Å². The van der Waals surface area contributed by atoms with Gasteiger partial charge < -0.3 is 4.42 Å². The van der Waals surface area contributed by atoms with Crippen LogP contribution in [0.5, 0.6) is 0 Å². The van der Waals surface area contributed by atoms with Gasteiger partial charge in [0.2, 0.25) is 5.91 Å². The van der Waals surface area contributed by atoms with Gasteiger partial charge in [-0.3, -0.25) is 4.79 Å². The molecule has 0 spiro atoms. The summed E-state index contributed by atoms with van der Waals surface area (Å²) in [6.07, 6.45) is 20.7. The van der Waals surface area contributed by atoms with Gasteiger partial charge >= 0.3 is 0 Å². The molecule has 0 saturated carbocycles. The standard InChI is InChI=1S/C21H36N2O2/c1-2-3-4-5-6-7-8-9-10-11-12-13-14-17-21(24)23-22-19-20-16-15-18-25-20/h15-16,18-19H,2-14,17H2,1H3,(H,23,24)/b22-19+. The number of furan rings is 1. The normalized spacial score (nSPS) is 11.2. The minimum absolute atomic E-state index is 0.0223. The molecule has 1 N–H and O–H groups in total. The van der Waals surface area contributed by atoms with Crippen molar-refractivity contribution < 1.29 is 9.21 Å². The Labute approximate surface area is 153 Å². The van der Waals surface area contributed by atoms with E-state index < -0.39 is 0 Å². The molecule has 4 heteroatoms. The van der Waals surface area contributed by atoms with Crippen LogP contribution in [0, 0.1) is 0 Å². The van der Waals surface area contributed by atoms with Crippen LogP contribution in [0.3, 0.4) is 0 Å². The van der Waals surface area contributed by atoms with Crippen molar-refractivity contribution in [1.29, 1.82) is 0 Å². The van der Waals surface area contributed by atoms with Gasteiger partial charge in [0.1, 0.15) is 5.76 Å². The molecule has 0 aliphatic heterocycles. The van der Waals surface area contributed by atoms with E-state index in [1.165, 1.54) is 76.8 Å². The highest BCUT2D eigenvalue weighted by atomic mass is 16.3. The van der Waals surface area contributed by atoms with E-state index in [0.29, 0.717) is 12.2 Å². The van der Waals surface area contributed by atoms with Gasteiger partial charge in [-0.25, -0.2) is 5.43 Å². The summed E-state index contributed by atoms with van der Waals surface area (Å²) in [4.78, 5) is 11.6. The van der Waals surface area contributed by atoms with Crippen LogP contribution in [-0.2, 0) is 4.79 Å². The zero-order valence-electron chi connectivity index (χ0n) is 16.0. The van der Waals surface area contributed by atoms with E-state index in [0.717, 1.165) is 12.8 Å². The number of nitrogens with one attached hydrogen (secondary N) is 1. The lowest BCUT2D eigenvalue weighted by atomic mass is 10.0. The average molecular weight is 349 g/mol. The zero-order chi connectivity index (χ0) is 18.0. The summed E-state index contributed by atoms with van der Waals surface area (Å²) in [5.41, 5.74) is 2.53. The summed E-state index contributed by atoms with van der Waals surface area (Å²) >= 11 is 0. The molecule has 1 aromatic heterocycles. The highest BCUT2D eigenvalue weighted by molar-refractivity contribution is 5.80. The predicted molar refractivity (Wildman–Crippen MR) is 105 cm³/mol. The number of hydrogen-bond donors (Lipinski definition) is 1. The SMILES string of the molecule is CCCCCCCCCCCCCCCC(=O)N/N=C/c1ccco1. The smallest absolute Gasteiger partial charge is 0.240 e. The van der Waals surface area contributed by atoms with Crippen molar-refractivity contribution in [2.45, 2.75) is 96.8 Å². The number of carbonyl (C=O) groups is 1. The number of unbranched alkanes of at least 4 members (excludes halogenated alkanes) is 12. The number of hydrazone groups is 1. The Bertz CT molecular complexity index is 441. The van der Waals surface area contributed by atoms with E-state index in [1.807, 2.05) is 0 Å². The largest absolute Gasteiger partial charge is 0.463 e. The van der Waals surface area contributed by atoms with E-state index in [9.17, 15) is 4.79 Å². The average Bonchev–Trinajstić information content (AvgIpc) is 3.12. The van der Waals surface area contributed by atoms with Crippen LogP contribution in [0.15, 0.2) is 27.9 Å². The maximum atomic E-state index is 11.6. The van der Waals surface area contributed by atoms with Crippen molar-refractivity contribution in [3.63, 3.8) is 0 Å². The lowest BCUT2D eigenvalue weighted by Crippen LogP contribution is -2.16. The third-order valence-electron chi connectivity index (χ3n) is 4.43. The van der Waals surface area contributed by atoms with Gasteiger partial charge in [-0.15, -0.1) is 0 Å². The summed E-state index contributed by atoms with van der Waals surface area (Å²) in [7, 11) is 0. The van der Waals surface area contributed by atoms with Gasteiger partial charge in [0.25, 0.3) is 0 Å². The van der Waals surface area contributed by atoms with Crippen molar-refractivity contribution in [2.24, 2.45) is 5.10 Å². The number of carbonyl (C=O) groups excluding carboxylic acids is 1. The Morgan fingerprint density at radius 2 is 1.52 bits per heavy atom. The molecule has 0 atom stereocenters. The summed E-state index contributed by atoms with van der Waals surface area (Å²) in [6, 6.07) is 3.58. The molecule has 0 unspecified atom stereocenters. The van der Waals surface area contributed by atoms with Crippen molar-refractivity contribution >= 4 is 12.1 Å². The molecule has 142 valence electrons. The van der Waals surface area contributed by atoms with Gasteiger partial charge in [-0.1, -0.05) is 84.0 Å². The molecular formula is C21H36N2O2. The summed E-state index contributed by atoms with van der Waals surface area (Å²) in [5, 5.41) is 3.88. The second-order valence-corrected chi connectivity index (χ2v) is 6.80. The maximum absolute atomic E-state index is 11.6. The molecule has 4 nitrogen and oxygen atoms in total. The van der Waals surface area contributed by atoms with E-state index in [1.54, 1.807) is 18.4 Å². The van der Waals surface area contributed by atoms with Crippen LogP contribution in [-0.4, -0.2) is 12.1 Å². The second-order valence-electron chi connectivity index (χ2n) is 6.80. The first-order valence-corrected chi connectivity index (χ1v) is 10.2. The number of amides is 1. The molecule has 0 saturated heterocycles. The van der Waals surface area contributed by atoms with Crippen molar-refractivity contribution in [1.82, 2.24) is 5.43 Å². The first kappa shape index (κ1) is 21.5. The number of rotatable bonds is 16. The maximum Gasteiger partial charge on any atom is 0.240 e. The summed E-state index contributed by atoms with van der Waals surface area (Å²) in [5.74, 6) is 0.618. The molecule has 1 rings (SSSR count).